The minimum absolute atomic E-state index is 0.148. The third kappa shape index (κ3) is 3.89. The summed E-state index contributed by atoms with van der Waals surface area (Å²) in [7, 11) is 0. The lowest BCUT2D eigenvalue weighted by molar-refractivity contribution is -0.121. The molecule has 2 amide bonds. The Morgan fingerprint density at radius 2 is 1.85 bits per heavy atom. The van der Waals surface area contributed by atoms with Gasteiger partial charge in [0.1, 0.15) is 11.9 Å². The second-order valence-corrected chi connectivity index (χ2v) is 6.22. The highest BCUT2D eigenvalue weighted by atomic mass is 19.1. The van der Waals surface area contributed by atoms with E-state index in [9.17, 15) is 14.0 Å². The summed E-state index contributed by atoms with van der Waals surface area (Å²) in [6.07, 6.45) is 1.06. The van der Waals surface area contributed by atoms with Crippen LogP contribution < -0.4 is 5.32 Å². The molecule has 1 heterocycles. The average Bonchev–Trinajstić information content (AvgIpc) is 2.68. The van der Waals surface area contributed by atoms with Gasteiger partial charge in [0.05, 0.1) is 11.3 Å². The van der Waals surface area contributed by atoms with Crippen LogP contribution in [-0.2, 0) is 4.79 Å². The number of anilines is 1. The van der Waals surface area contributed by atoms with Crippen LogP contribution in [-0.4, -0.2) is 29.8 Å². The highest BCUT2D eigenvalue weighted by Gasteiger charge is 2.28. The van der Waals surface area contributed by atoms with Gasteiger partial charge in [0.2, 0.25) is 5.91 Å². The number of hydrogen-bond acceptors (Lipinski definition) is 3. The number of carbonyl (C=O) groups excluding carboxylic acids is 2. The predicted molar refractivity (Wildman–Crippen MR) is 94.8 cm³/mol. The first-order valence-electron chi connectivity index (χ1n) is 8.43. The molecule has 1 aliphatic rings. The molecule has 1 aliphatic heterocycles. The second-order valence-electron chi connectivity index (χ2n) is 6.22. The fraction of sp³-hybridized carbons (Fsp3) is 0.250. The van der Waals surface area contributed by atoms with Crippen LogP contribution in [0.5, 0.6) is 0 Å². The molecule has 0 aliphatic carbocycles. The van der Waals surface area contributed by atoms with Crippen LogP contribution >= 0.6 is 0 Å². The SMILES string of the molecule is N#Cc1ccccc1NC(=O)C1CCN(C(=O)c2cccc(F)c2)CC1. The van der Waals surface area contributed by atoms with Crippen LogP contribution in [0.4, 0.5) is 10.1 Å². The van der Waals surface area contributed by atoms with E-state index < -0.39 is 5.82 Å². The number of rotatable bonds is 3. The minimum atomic E-state index is -0.443. The molecule has 5 nitrogen and oxygen atoms in total. The van der Waals surface area contributed by atoms with Crippen molar-refractivity contribution >= 4 is 17.5 Å². The summed E-state index contributed by atoms with van der Waals surface area (Å²) in [4.78, 5) is 26.5. The molecule has 2 aromatic rings. The van der Waals surface area contributed by atoms with Crippen molar-refractivity contribution in [2.24, 2.45) is 5.92 Å². The van der Waals surface area contributed by atoms with Crippen LogP contribution in [0.1, 0.15) is 28.8 Å². The Hall–Kier alpha value is -3.20. The minimum Gasteiger partial charge on any atom is -0.339 e. The van der Waals surface area contributed by atoms with Gasteiger partial charge in [-0.15, -0.1) is 0 Å². The zero-order valence-corrected chi connectivity index (χ0v) is 14.1. The van der Waals surface area contributed by atoms with Gasteiger partial charge in [0.25, 0.3) is 5.91 Å². The largest absolute Gasteiger partial charge is 0.339 e. The summed E-state index contributed by atoms with van der Waals surface area (Å²) < 4.78 is 13.3. The van der Waals surface area contributed by atoms with Gasteiger partial charge in [-0.25, -0.2) is 4.39 Å². The van der Waals surface area contributed by atoms with Gasteiger partial charge in [-0.2, -0.15) is 5.26 Å². The van der Waals surface area contributed by atoms with Crippen LogP contribution in [0.25, 0.3) is 0 Å². The number of benzene rings is 2. The van der Waals surface area contributed by atoms with Crippen molar-refractivity contribution in [2.75, 3.05) is 18.4 Å². The third-order valence-corrected chi connectivity index (χ3v) is 4.53. The zero-order chi connectivity index (χ0) is 18.5. The molecule has 0 saturated carbocycles. The van der Waals surface area contributed by atoms with Crippen molar-refractivity contribution in [3.63, 3.8) is 0 Å². The molecule has 1 saturated heterocycles. The number of nitriles is 1. The molecule has 0 radical (unpaired) electrons. The predicted octanol–water partition coefficient (Wildman–Crippen LogP) is 3.19. The topological polar surface area (TPSA) is 73.2 Å². The normalized spacial score (nSPS) is 14.5. The molecule has 0 unspecified atom stereocenters. The molecule has 2 aromatic carbocycles. The molecule has 26 heavy (non-hydrogen) atoms. The Morgan fingerprint density at radius 3 is 2.54 bits per heavy atom. The quantitative estimate of drug-likeness (QED) is 0.923. The standard InChI is InChI=1S/C20H18FN3O2/c21-17-6-3-5-15(12-17)20(26)24-10-8-14(9-11-24)19(25)23-18-7-2-1-4-16(18)13-22/h1-7,12,14H,8-11H2,(H,23,25). The van der Waals surface area contributed by atoms with Crippen LogP contribution in [0, 0.1) is 23.1 Å². The van der Waals surface area contributed by atoms with Gasteiger partial charge in [0, 0.05) is 24.6 Å². The number of amides is 2. The van der Waals surface area contributed by atoms with E-state index in [1.54, 1.807) is 35.2 Å². The van der Waals surface area contributed by atoms with E-state index in [0.29, 0.717) is 42.7 Å². The molecule has 0 aromatic heterocycles. The van der Waals surface area contributed by atoms with E-state index in [2.05, 4.69) is 11.4 Å². The van der Waals surface area contributed by atoms with E-state index in [4.69, 9.17) is 5.26 Å². The summed E-state index contributed by atoms with van der Waals surface area (Å²) in [5.41, 5.74) is 1.23. The van der Waals surface area contributed by atoms with Gasteiger partial charge in [-0.05, 0) is 43.2 Å². The molecule has 1 fully saturated rings. The maximum absolute atomic E-state index is 13.3. The Balaban J connectivity index is 1.59. The Morgan fingerprint density at radius 1 is 1.12 bits per heavy atom. The monoisotopic (exact) mass is 351 g/mol. The lowest BCUT2D eigenvalue weighted by atomic mass is 9.95. The van der Waals surface area contributed by atoms with Crippen molar-refractivity contribution < 1.29 is 14.0 Å². The molecule has 3 rings (SSSR count). The fourth-order valence-electron chi connectivity index (χ4n) is 3.07. The van der Waals surface area contributed by atoms with Crippen molar-refractivity contribution in [1.29, 1.82) is 5.26 Å². The van der Waals surface area contributed by atoms with Crippen molar-refractivity contribution in [2.45, 2.75) is 12.8 Å². The number of carbonyl (C=O) groups is 2. The van der Waals surface area contributed by atoms with Crippen LogP contribution in [0.15, 0.2) is 48.5 Å². The Labute approximate surface area is 151 Å². The fourth-order valence-corrected chi connectivity index (χ4v) is 3.07. The lowest BCUT2D eigenvalue weighted by Gasteiger charge is -2.31. The van der Waals surface area contributed by atoms with E-state index >= 15 is 0 Å². The number of nitrogens with one attached hydrogen (secondary N) is 1. The van der Waals surface area contributed by atoms with Gasteiger partial charge in [-0.1, -0.05) is 18.2 Å². The molecular weight excluding hydrogens is 333 g/mol. The summed E-state index contributed by atoms with van der Waals surface area (Å²) in [5.74, 6) is -1.04. The number of para-hydroxylation sites is 1. The lowest BCUT2D eigenvalue weighted by Crippen LogP contribution is -2.41. The summed E-state index contributed by atoms with van der Waals surface area (Å²) >= 11 is 0. The second kappa shape index (κ2) is 7.79. The smallest absolute Gasteiger partial charge is 0.253 e. The van der Waals surface area contributed by atoms with Crippen LogP contribution in [0.3, 0.4) is 0 Å². The maximum atomic E-state index is 13.3. The number of likely N-dealkylation sites (tertiary alicyclic amines) is 1. The first kappa shape index (κ1) is 17.6. The van der Waals surface area contributed by atoms with E-state index in [1.165, 1.54) is 18.2 Å². The summed E-state index contributed by atoms with van der Waals surface area (Å²) in [5, 5.41) is 11.9. The van der Waals surface area contributed by atoms with E-state index in [-0.39, 0.29) is 17.7 Å². The number of hydrogen-bond donors (Lipinski definition) is 1. The zero-order valence-electron chi connectivity index (χ0n) is 14.1. The van der Waals surface area contributed by atoms with Crippen molar-refractivity contribution in [3.05, 3.63) is 65.5 Å². The van der Waals surface area contributed by atoms with Crippen molar-refractivity contribution in [3.8, 4) is 6.07 Å². The molecule has 6 heteroatoms. The molecule has 0 bridgehead atoms. The first-order chi connectivity index (χ1) is 12.6. The molecule has 0 spiro atoms. The molecule has 132 valence electrons. The van der Waals surface area contributed by atoms with E-state index in [0.717, 1.165) is 0 Å². The van der Waals surface area contributed by atoms with Gasteiger partial charge < -0.3 is 10.2 Å². The highest BCUT2D eigenvalue weighted by Crippen LogP contribution is 2.22. The van der Waals surface area contributed by atoms with Gasteiger partial charge in [0.15, 0.2) is 0 Å². The number of nitrogens with zero attached hydrogens (tertiary/aromatic N) is 2. The number of halogens is 1. The van der Waals surface area contributed by atoms with Gasteiger partial charge >= 0.3 is 0 Å². The molecular formula is C20H18FN3O2. The highest BCUT2D eigenvalue weighted by molar-refractivity contribution is 5.95. The Kier molecular flexibility index (Phi) is 5.28. The van der Waals surface area contributed by atoms with E-state index in [1.807, 2.05) is 0 Å². The summed E-state index contributed by atoms with van der Waals surface area (Å²) in [6.45, 7) is 0.876. The average molecular weight is 351 g/mol. The molecule has 1 N–H and O–H groups in total. The number of piperidine rings is 1. The van der Waals surface area contributed by atoms with Crippen molar-refractivity contribution in [1.82, 2.24) is 4.90 Å². The summed E-state index contributed by atoms with van der Waals surface area (Å²) in [6, 6.07) is 14.5. The first-order valence-corrected chi connectivity index (χ1v) is 8.43. The maximum Gasteiger partial charge on any atom is 0.253 e. The molecule has 0 atom stereocenters. The third-order valence-electron chi connectivity index (χ3n) is 4.53. The van der Waals surface area contributed by atoms with Crippen LogP contribution in [0.2, 0.25) is 0 Å². The Bertz CT molecular complexity index is 867. The van der Waals surface area contributed by atoms with Gasteiger partial charge in [-0.3, -0.25) is 9.59 Å².